The summed E-state index contributed by atoms with van der Waals surface area (Å²) < 4.78 is 40.1. The second-order valence-corrected chi connectivity index (χ2v) is 5.23. The van der Waals surface area contributed by atoms with E-state index in [9.17, 15) is 13.2 Å². The monoisotopic (exact) mass is 314 g/mol. The van der Waals surface area contributed by atoms with Gasteiger partial charge in [-0.1, -0.05) is 24.3 Å². The van der Waals surface area contributed by atoms with Crippen molar-refractivity contribution in [2.75, 3.05) is 0 Å². The summed E-state index contributed by atoms with van der Waals surface area (Å²) in [6.07, 6.45) is 1.82. The number of hydrogen-bond donors (Lipinski definition) is 0. The van der Waals surface area contributed by atoms with Gasteiger partial charge in [0.25, 0.3) is 0 Å². The van der Waals surface area contributed by atoms with E-state index in [1.165, 1.54) is 6.07 Å². The van der Waals surface area contributed by atoms with E-state index in [0.29, 0.717) is 5.82 Å². The molecule has 1 aromatic heterocycles. The topological polar surface area (TPSA) is 25.8 Å². The van der Waals surface area contributed by atoms with Crippen LogP contribution in [-0.2, 0) is 6.42 Å². The molecule has 0 aliphatic heterocycles. The summed E-state index contributed by atoms with van der Waals surface area (Å²) in [7, 11) is 0. The number of hydrogen-bond acceptors (Lipinski definition) is 2. The van der Waals surface area contributed by atoms with Crippen molar-refractivity contribution in [2.24, 2.45) is 0 Å². The molecular weight excluding hydrogens is 301 g/mol. The number of nitrogens with zero attached hydrogens (tertiary/aromatic N) is 2. The zero-order chi connectivity index (χ0) is 16.4. The molecule has 3 aromatic rings. The highest BCUT2D eigenvalue weighted by atomic mass is 19.2. The molecule has 5 heteroatoms. The minimum absolute atomic E-state index is 0.103. The molecule has 0 saturated carbocycles. The van der Waals surface area contributed by atoms with Gasteiger partial charge in [-0.25, -0.2) is 23.1 Å². The van der Waals surface area contributed by atoms with E-state index in [1.54, 1.807) is 24.4 Å². The van der Waals surface area contributed by atoms with Crippen molar-refractivity contribution in [3.8, 4) is 11.4 Å². The molecule has 116 valence electrons. The van der Waals surface area contributed by atoms with Gasteiger partial charge in [0.2, 0.25) is 0 Å². The first-order chi connectivity index (χ1) is 11.0. The maximum absolute atomic E-state index is 13.8. The molecule has 1 heterocycles. The molecule has 0 unspecified atom stereocenters. The Morgan fingerprint density at radius 1 is 0.957 bits per heavy atom. The van der Waals surface area contributed by atoms with Gasteiger partial charge < -0.3 is 0 Å². The molecule has 23 heavy (non-hydrogen) atoms. The first kappa shape index (κ1) is 15.2. The Morgan fingerprint density at radius 2 is 1.78 bits per heavy atom. The van der Waals surface area contributed by atoms with Gasteiger partial charge in [0.1, 0.15) is 0 Å². The van der Waals surface area contributed by atoms with Crippen molar-refractivity contribution in [1.82, 2.24) is 9.97 Å². The molecular formula is C18H13F3N2. The van der Waals surface area contributed by atoms with Gasteiger partial charge in [-0.15, -0.1) is 0 Å². The third-order valence-corrected chi connectivity index (χ3v) is 3.49. The van der Waals surface area contributed by atoms with Crippen molar-refractivity contribution in [3.63, 3.8) is 0 Å². The lowest BCUT2D eigenvalue weighted by molar-refractivity contribution is 0.442. The maximum atomic E-state index is 13.8. The summed E-state index contributed by atoms with van der Waals surface area (Å²) >= 11 is 0. The van der Waals surface area contributed by atoms with Gasteiger partial charge in [-0.05, 0) is 36.2 Å². The van der Waals surface area contributed by atoms with Crippen molar-refractivity contribution in [1.29, 1.82) is 0 Å². The van der Waals surface area contributed by atoms with E-state index < -0.39 is 17.5 Å². The molecule has 2 aromatic carbocycles. The lowest BCUT2D eigenvalue weighted by Crippen LogP contribution is -1.99. The third-order valence-electron chi connectivity index (χ3n) is 3.49. The Bertz CT molecular complexity index is 863. The van der Waals surface area contributed by atoms with E-state index in [-0.39, 0.29) is 12.0 Å². The van der Waals surface area contributed by atoms with Crippen LogP contribution in [0.3, 0.4) is 0 Å². The molecule has 0 amide bonds. The molecule has 0 spiro atoms. The molecule has 0 bridgehead atoms. The van der Waals surface area contributed by atoms with Crippen LogP contribution in [-0.4, -0.2) is 9.97 Å². The van der Waals surface area contributed by atoms with Crippen LogP contribution in [0, 0.1) is 24.4 Å². The molecule has 0 fully saturated rings. The Morgan fingerprint density at radius 3 is 2.57 bits per heavy atom. The van der Waals surface area contributed by atoms with Gasteiger partial charge in [0.05, 0.1) is 0 Å². The number of aryl methyl sites for hydroxylation is 1. The Kier molecular flexibility index (Phi) is 4.10. The predicted molar refractivity (Wildman–Crippen MR) is 81.3 cm³/mol. The average molecular weight is 314 g/mol. The second kappa shape index (κ2) is 6.20. The zero-order valence-corrected chi connectivity index (χ0v) is 12.4. The van der Waals surface area contributed by atoms with Crippen LogP contribution >= 0.6 is 0 Å². The van der Waals surface area contributed by atoms with Crippen molar-refractivity contribution >= 4 is 0 Å². The highest BCUT2D eigenvalue weighted by Gasteiger charge is 2.14. The number of halogens is 3. The summed E-state index contributed by atoms with van der Waals surface area (Å²) in [6, 6.07) is 11.2. The van der Waals surface area contributed by atoms with Gasteiger partial charge in [0.15, 0.2) is 23.3 Å². The predicted octanol–water partition coefficient (Wildman–Crippen LogP) is 4.46. The average Bonchev–Trinajstić information content (AvgIpc) is 2.56. The van der Waals surface area contributed by atoms with E-state index in [4.69, 9.17) is 0 Å². The summed E-state index contributed by atoms with van der Waals surface area (Å²) in [5, 5.41) is 0. The fourth-order valence-corrected chi connectivity index (χ4v) is 2.33. The van der Waals surface area contributed by atoms with Crippen LogP contribution in [0.4, 0.5) is 13.2 Å². The SMILES string of the molecule is Cc1ccnc(-c2cccc(Cc3ccc(F)c(F)c3F)c2)n1. The van der Waals surface area contributed by atoms with Crippen LogP contribution in [0.15, 0.2) is 48.7 Å². The van der Waals surface area contributed by atoms with Crippen LogP contribution < -0.4 is 0 Å². The first-order valence-electron chi connectivity index (χ1n) is 7.06. The van der Waals surface area contributed by atoms with Crippen LogP contribution in [0.5, 0.6) is 0 Å². The Labute approximate surface area is 131 Å². The zero-order valence-electron chi connectivity index (χ0n) is 12.4. The Hall–Kier alpha value is -2.69. The fourth-order valence-electron chi connectivity index (χ4n) is 2.33. The van der Waals surface area contributed by atoms with Gasteiger partial charge in [-0.3, -0.25) is 0 Å². The summed E-state index contributed by atoms with van der Waals surface area (Å²) in [6.45, 7) is 1.87. The minimum atomic E-state index is -1.44. The number of benzene rings is 2. The van der Waals surface area contributed by atoms with Gasteiger partial charge in [0, 0.05) is 23.9 Å². The molecule has 0 atom stereocenters. The van der Waals surface area contributed by atoms with Crippen LogP contribution in [0.1, 0.15) is 16.8 Å². The van der Waals surface area contributed by atoms with Crippen molar-refractivity contribution in [2.45, 2.75) is 13.3 Å². The van der Waals surface area contributed by atoms with Gasteiger partial charge >= 0.3 is 0 Å². The quantitative estimate of drug-likeness (QED) is 0.667. The summed E-state index contributed by atoms with van der Waals surface area (Å²) in [5.41, 5.74) is 2.49. The molecule has 2 nitrogen and oxygen atoms in total. The summed E-state index contributed by atoms with van der Waals surface area (Å²) in [4.78, 5) is 8.55. The van der Waals surface area contributed by atoms with Crippen molar-refractivity contribution < 1.29 is 13.2 Å². The third kappa shape index (κ3) is 3.23. The second-order valence-electron chi connectivity index (χ2n) is 5.23. The first-order valence-corrected chi connectivity index (χ1v) is 7.06. The largest absolute Gasteiger partial charge is 0.237 e. The molecule has 0 radical (unpaired) electrons. The molecule has 0 saturated heterocycles. The molecule has 0 N–H and O–H groups in total. The number of rotatable bonds is 3. The number of aromatic nitrogens is 2. The smallest absolute Gasteiger partial charge is 0.194 e. The Balaban J connectivity index is 1.93. The highest BCUT2D eigenvalue weighted by molar-refractivity contribution is 5.56. The standard InChI is InChI=1S/C18H13F3N2/c1-11-7-8-22-18(23-11)14-4-2-3-12(10-14)9-13-5-6-15(19)17(21)16(13)20/h2-8,10H,9H2,1H3. The fraction of sp³-hybridized carbons (Fsp3) is 0.111. The molecule has 0 aliphatic rings. The molecule has 0 aliphatic carbocycles. The van der Waals surface area contributed by atoms with E-state index in [0.717, 1.165) is 22.9 Å². The highest BCUT2D eigenvalue weighted by Crippen LogP contribution is 2.21. The van der Waals surface area contributed by atoms with E-state index in [1.807, 2.05) is 19.1 Å². The maximum Gasteiger partial charge on any atom is 0.194 e. The van der Waals surface area contributed by atoms with Crippen LogP contribution in [0.25, 0.3) is 11.4 Å². The lowest BCUT2D eigenvalue weighted by Gasteiger charge is -2.07. The van der Waals surface area contributed by atoms with Crippen LogP contribution in [0.2, 0.25) is 0 Å². The van der Waals surface area contributed by atoms with Gasteiger partial charge in [-0.2, -0.15) is 0 Å². The van der Waals surface area contributed by atoms with Crippen molar-refractivity contribution in [3.05, 3.63) is 82.9 Å². The molecule has 3 rings (SSSR count). The normalized spacial score (nSPS) is 10.8. The minimum Gasteiger partial charge on any atom is -0.237 e. The summed E-state index contributed by atoms with van der Waals surface area (Å²) in [5.74, 6) is -3.21. The lowest BCUT2D eigenvalue weighted by atomic mass is 10.0. The van der Waals surface area contributed by atoms with E-state index >= 15 is 0 Å². The van der Waals surface area contributed by atoms with E-state index in [2.05, 4.69) is 9.97 Å².